The van der Waals surface area contributed by atoms with Gasteiger partial charge in [-0.05, 0) is 17.5 Å². The van der Waals surface area contributed by atoms with Crippen LogP contribution in [0.25, 0.3) is 11.5 Å². The fourth-order valence-corrected chi connectivity index (χ4v) is 1.36. The summed E-state index contributed by atoms with van der Waals surface area (Å²) in [5, 5.41) is 3.93. The quantitative estimate of drug-likeness (QED) is 0.858. The fourth-order valence-electron chi connectivity index (χ4n) is 1.36. The lowest BCUT2D eigenvalue weighted by atomic mass is 9.87. The highest BCUT2D eigenvalue weighted by Gasteiger charge is 2.27. The van der Waals surface area contributed by atoms with E-state index < -0.39 is 0 Å². The summed E-state index contributed by atoms with van der Waals surface area (Å²) in [6, 6.07) is 3.39. The Hall–Kier alpha value is -1.75. The summed E-state index contributed by atoms with van der Waals surface area (Å²) in [7, 11) is 0. The molecule has 2 aromatic heterocycles. The molecule has 5 nitrogen and oxygen atoms in total. The van der Waals surface area contributed by atoms with E-state index in [0.717, 1.165) is 5.56 Å². The molecule has 2 heterocycles. The molecular weight excluding hydrogens is 216 g/mol. The minimum Gasteiger partial charge on any atom is -0.334 e. The Morgan fingerprint density at radius 3 is 2.47 bits per heavy atom. The molecular formula is C12H16N4O. The van der Waals surface area contributed by atoms with Gasteiger partial charge in [0.25, 0.3) is 5.89 Å². The maximum atomic E-state index is 6.07. The van der Waals surface area contributed by atoms with Crippen molar-refractivity contribution in [3.63, 3.8) is 0 Å². The molecule has 0 aliphatic heterocycles. The smallest absolute Gasteiger partial charge is 0.258 e. The maximum Gasteiger partial charge on any atom is 0.258 e. The molecule has 1 atom stereocenters. The number of pyridine rings is 1. The van der Waals surface area contributed by atoms with Gasteiger partial charge in [-0.25, -0.2) is 0 Å². The highest BCUT2D eigenvalue weighted by molar-refractivity contribution is 5.51. The minimum atomic E-state index is -0.248. The van der Waals surface area contributed by atoms with Crippen molar-refractivity contribution in [2.24, 2.45) is 11.1 Å². The summed E-state index contributed by atoms with van der Waals surface area (Å²) in [6.45, 7) is 6.13. The zero-order valence-electron chi connectivity index (χ0n) is 10.2. The van der Waals surface area contributed by atoms with E-state index in [-0.39, 0.29) is 11.5 Å². The van der Waals surface area contributed by atoms with Gasteiger partial charge in [-0.3, -0.25) is 4.98 Å². The Bertz CT molecular complexity index is 487. The van der Waals surface area contributed by atoms with Crippen molar-refractivity contribution in [2.75, 3.05) is 0 Å². The third-order valence-electron chi connectivity index (χ3n) is 2.58. The van der Waals surface area contributed by atoms with Crippen LogP contribution in [0.3, 0.4) is 0 Å². The first-order chi connectivity index (χ1) is 7.98. The van der Waals surface area contributed by atoms with Crippen LogP contribution in [0.15, 0.2) is 29.0 Å². The second kappa shape index (κ2) is 4.25. The molecule has 2 aromatic rings. The summed E-state index contributed by atoms with van der Waals surface area (Å²) in [6.07, 6.45) is 3.37. The van der Waals surface area contributed by atoms with Gasteiger partial charge in [-0.1, -0.05) is 25.9 Å². The van der Waals surface area contributed by atoms with Crippen LogP contribution in [-0.2, 0) is 0 Å². The second-order valence-corrected chi connectivity index (χ2v) is 5.04. The number of nitrogens with two attached hydrogens (primary N) is 1. The first-order valence-electron chi connectivity index (χ1n) is 5.48. The molecule has 0 fully saturated rings. The van der Waals surface area contributed by atoms with Crippen molar-refractivity contribution in [1.29, 1.82) is 0 Å². The van der Waals surface area contributed by atoms with E-state index in [2.05, 4.69) is 15.1 Å². The average molecular weight is 232 g/mol. The molecule has 1 unspecified atom stereocenters. The summed E-state index contributed by atoms with van der Waals surface area (Å²) < 4.78 is 5.20. The lowest BCUT2D eigenvalue weighted by molar-refractivity contribution is 0.303. The molecule has 90 valence electrons. The van der Waals surface area contributed by atoms with Gasteiger partial charge in [0.1, 0.15) is 0 Å². The molecule has 0 saturated heterocycles. The standard InChI is InChI=1S/C12H16N4O/c1-12(2,3)9(13)10-15-11(17-16-10)8-4-6-14-7-5-8/h4-7,9H,13H2,1-3H3. The highest BCUT2D eigenvalue weighted by atomic mass is 16.5. The van der Waals surface area contributed by atoms with Crippen molar-refractivity contribution in [3.05, 3.63) is 30.4 Å². The van der Waals surface area contributed by atoms with E-state index in [1.165, 1.54) is 0 Å². The average Bonchev–Trinajstić information content (AvgIpc) is 2.77. The highest BCUT2D eigenvalue weighted by Crippen LogP contribution is 2.29. The predicted molar refractivity (Wildman–Crippen MR) is 63.9 cm³/mol. The summed E-state index contributed by atoms with van der Waals surface area (Å²) in [5.74, 6) is 1.01. The van der Waals surface area contributed by atoms with Gasteiger partial charge >= 0.3 is 0 Å². The van der Waals surface area contributed by atoms with Crippen LogP contribution in [-0.4, -0.2) is 15.1 Å². The van der Waals surface area contributed by atoms with Crippen molar-refractivity contribution >= 4 is 0 Å². The SMILES string of the molecule is CC(C)(C)C(N)c1noc(-c2ccncc2)n1. The molecule has 0 radical (unpaired) electrons. The van der Waals surface area contributed by atoms with Crippen LogP contribution in [0.2, 0.25) is 0 Å². The van der Waals surface area contributed by atoms with E-state index in [0.29, 0.717) is 11.7 Å². The van der Waals surface area contributed by atoms with E-state index in [4.69, 9.17) is 10.3 Å². The van der Waals surface area contributed by atoms with Gasteiger partial charge < -0.3 is 10.3 Å². The van der Waals surface area contributed by atoms with Crippen molar-refractivity contribution in [1.82, 2.24) is 15.1 Å². The van der Waals surface area contributed by atoms with E-state index in [1.54, 1.807) is 12.4 Å². The third kappa shape index (κ3) is 2.50. The lowest BCUT2D eigenvalue weighted by Crippen LogP contribution is -2.27. The largest absolute Gasteiger partial charge is 0.334 e. The van der Waals surface area contributed by atoms with Gasteiger partial charge in [-0.15, -0.1) is 0 Å². The van der Waals surface area contributed by atoms with Crippen LogP contribution < -0.4 is 5.73 Å². The van der Waals surface area contributed by atoms with Crippen LogP contribution in [0, 0.1) is 5.41 Å². The number of aromatic nitrogens is 3. The Balaban J connectivity index is 2.28. The molecule has 17 heavy (non-hydrogen) atoms. The van der Waals surface area contributed by atoms with Crippen molar-refractivity contribution in [2.45, 2.75) is 26.8 Å². The van der Waals surface area contributed by atoms with Gasteiger partial charge in [0.15, 0.2) is 5.82 Å². The monoisotopic (exact) mass is 232 g/mol. The molecule has 2 N–H and O–H groups in total. The molecule has 0 aliphatic carbocycles. The topological polar surface area (TPSA) is 77.8 Å². The molecule has 2 rings (SSSR count). The normalized spacial score (nSPS) is 13.6. The fraction of sp³-hybridized carbons (Fsp3) is 0.417. The molecule has 0 bridgehead atoms. The third-order valence-corrected chi connectivity index (χ3v) is 2.58. The Labute approximate surface area is 100 Å². The Morgan fingerprint density at radius 1 is 1.24 bits per heavy atom. The summed E-state index contributed by atoms with van der Waals surface area (Å²) in [4.78, 5) is 8.25. The van der Waals surface area contributed by atoms with Gasteiger partial charge in [0.05, 0.1) is 6.04 Å². The van der Waals surface area contributed by atoms with Gasteiger partial charge in [0, 0.05) is 18.0 Å². The molecule has 0 amide bonds. The summed E-state index contributed by atoms with van der Waals surface area (Å²) in [5.41, 5.74) is 6.82. The van der Waals surface area contributed by atoms with Crippen LogP contribution in [0.4, 0.5) is 0 Å². The number of hydrogen-bond donors (Lipinski definition) is 1. The lowest BCUT2D eigenvalue weighted by Gasteiger charge is -2.23. The second-order valence-electron chi connectivity index (χ2n) is 5.04. The minimum absolute atomic E-state index is 0.0978. The zero-order chi connectivity index (χ0) is 12.5. The van der Waals surface area contributed by atoms with Crippen molar-refractivity contribution < 1.29 is 4.52 Å². The molecule has 0 saturated carbocycles. The summed E-state index contributed by atoms with van der Waals surface area (Å²) >= 11 is 0. The van der Waals surface area contributed by atoms with E-state index in [9.17, 15) is 0 Å². The molecule has 0 aliphatic rings. The van der Waals surface area contributed by atoms with Gasteiger partial charge in [0.2, 0.25) is 0 Å². The number of hydrogen-bond acceptors (Lipinski definition) is 5. The molecule has 0 aromatic carbocycles. The van der Waals surface area contributed by atoms with Crippen LogP contribution >= 0.6 is 0 Å². The Morgan fingerprint density at radius 2 is 1.88 bits per heavy atom. The van der Waals surface area contributed by atoms with Crippen LogP contribution in [0.5, 0.6) is 0 Å². The zero-order valence-corrected chi connectivity index (χ0v) is 10.2. The first-order valence-corrected chi connectivity index (χ1v) is 5.48. The molecule has 5 heteroatoms. The Kier molecular flexibility index (Phi) is 2.93. The first kappa shape index (κ1) is 11.7. The number of nitrogens with zero attached hydrogens (tertiary/aromatic N) is 3. The number of rotatable bonds is 2. The molecule has 0 spiro atoms. The van der Waals surface area contributed by atoms with Crippen LogP contribution in [0.1, 0.15) is 32.6 Å². The maximum absolute atomic E-state index is 6.07. The predicted octanol–water partition coefficient (Wildman–Crippen LogP) is 2.18. The van der Waals surface area contributed by atoms with E-state index in [1.807, 2.05) is 32.9 Å². The van der Waals surface area contributed by atoms with Gasteiger partial charge in [-0.2, -0.15) is 4.98 Å². The van der Waals surface area contributed by atoms with Crippen molar-refractivity contribution in [3.8, 4) is 11.5 Å². The van der Waals surface area contributed by atoms with E-state index >= 15 is 0 Å².